The van der Waals surface area contributed by atoms with Gasteiger partial charge in [0.05, 0.1) is 0 Å². The van der Waals surface area contributed by atoms with E-state index in [0.717, 1.165) is 5.56 Å². The van der Waals surface area contributed by atoms with Crippen molar-refractivity contribution >= 4 is 17.6 Å². The number of carbonyl (C=O) groups excluding carboxylic acids is 1. The average Bonchev–Trinajstić information content (AvgIpc) is 2.98. The molecule has 0 heterocycles. The molecule has 108 valence electrons. The molecular weight excluding hydrogens is 272 g/mol. The lowest BCUT2D eigenvalue weighted by Crippen LogP contribution is -2.32. The first-order valence-corrected chi connectivity index (χ1v) is 7.49. The van der Waals surface area contributed by atoms with E-state index in [4.69, 9.17) is 11.6 Å². The summed E-state index contributed by atoms with van der Waals surface area (Å²) in [5, 5.41) is 6.27. The van der Waals surface area contributed by atoms with E-state index >= 15 is 0 Å². The fraction of sp³-hybridized carbons (Fsp3) is 0.438. The molecule has 2 rings (SSSR count). The van der Waals surface area contributed by atoms with E-state index in [1.807, 2.05) is 30.5 Å². The number of carbonyl (C=O) groups is 1. The van der Waals surface area contributed by atoms with Crippen LogP contribution < -0.4 is 10.6 Å². The topological polar surface area (TPSA) is 41.1 Å². The van der Waals surface area contributed by atoms with Crippen LogP contribution in [0.25, 0.3) is 0 Å². The SMILES string of the molecule is C/C(=C\NC(=O)NCc1ccccc1Cl)C1CCCC1. The van der Waals surface area contributed by atoms with Gasteiger partial charge in [-0.3, -0.25) is 0 Å². The number of hydrogen-bond donors (Lipinski definition) is 2. The van der Waals surface area contributed by atoms with Crippen molar-refractivity contribution in [1.29, 1.82) is 0 Å². The molecular formula is C16H21ClN2O. The lowest BCUT2D eigenvalue weighted by Gasteiger charge is -2.11. The average molecular weight is 293 g/mol. The quantitative estimate of drug-likeness (QED) is 0.856. The summed E-state index contributed by atoms with van der Waals surface area (Å²) in [6.07, 6.45) is 6.91. The predicted molar refractivity (Wildman–Crippen MR) is 82.5 cm³/mol. The summed E-state index contributed by atoms with van der Waals surface area (Å²) >= 11 is 6.04. The van der Waals surface area contributed by atoms with Crippen LogP contribution in [0.2, 0.25) is 5.02 Å². The molecule has 0 radical (unpaired) electrons. The Morgan fingerprint density at radius 2 is 2.05 bits per heavy atom. The van der Waals surface area contributed by atoms with Gasteiger partial charge in [0.2, 0.25) is 0 Å². The maximum absolute atomic E-state index is 11.7. The third kappa shape index (κ3) is 4.27. The van der Waals surface area contributed by atoms with Crippen LogP contribution in [-0.2, 0) is 6.54 Å². The highest BCUT2D eigenvalue weighted by atomic mass is 35.5. The summed E-state index contributed by atoms with van der Waals surface area (Å²) < 4.78 is 0. The molecule has 1 aliphatic rings. The normalized spacial score (nSPS) is 16.2. The van der Waals surface area contributed by atoms with Gasteiger partial charge in [-0.15, -0.1) is 0 Å². The van der Waals surface area contributed by atoms with Gasteiger partial charge in [0, 0.05) is 17.8 Å². The highest BCUT2D eigenvalue weighted by molar-refractivity contribution is 6.31. The van der Waals surface area contributed by atoms with Crippen molar-refractivity contribution in [3.63, 3.8) is 0 Å². The Balaban J connectivity index is 1.78. The molecule has 0 aromatic heterocycles. The zero-order chi connectivity index (χ0) is 14.4. The van der Waals surface area contributed by atoms with Gasteiger partial charge in [0.15, 0.2) is 0 Å². The molecule has 0 bridgehead atoms. The minimum atomic E-state index is -0.192. The van der Waals surface area contributed by atoms with Crippen LogP contribution in [0.5, 0.6) is 0 Å². The Hall–Kier alpha value is -1.48. The largest absolute Gasteiger partial charge is 0.334 e. The molecule has 0 unspecified atom stereocenters. The summed E-state index contributed by atoms with van der Waals surface area (Å²) in [5.41, 5.74) is 2.18. The third-order valence-corrected chi connectivity index (χ3v) is 4.20. The van der Waals surface area contributed by atoms with Crippen LogP contribution in [0.4, 0.5) is 4.79 Å². The van der Waals surface area contributed by atoms with E-state index < -0.39 is 0 Å². The Labute approximate surface area is 125 Å². The predicted octanol–water partition coefficient (Wildman–Crippen LogP) is 4.23. The second kappa shape index (κ2) is 7.34. The molecule has 1 aromatic carbocycles. The number of allylic oxidation sites excluding steroid dienone is 1. The first-order chi connectivity index (χ1) is 9.66. The monoisotopic (exact) mass is 292 g/mol. The van der Waals surface area contributed by atoms with Crippen molar-refractivity contribution in [3.05, 3.63) is 46.6 Å². The first kappa shape index (κ1) is 14.9. The molecule has 1 aliphatic carbocycles. The molecule has 0 spiro atoms. The van der Waals surface area contributed by atoms with Gasteiger partial charge in [-0.25, -0.2) is 4.79 Å². The summed E-state index contributed by atoms with van der Waals surface area (Å²) in [7, 11) is 0. The number of urea groups is 1. The summed E-state index contributed by atoms with van der Waals surface area (Å²) in [5.74, 6) is 0.638. The minimum absolute atomic E-state index is 0.192. The number of benzene rings is 1. The van der Waals surface area contributed by atoms with Gasteiger partial charge in [-0.1, -0.05) is 48.2 Å². The van der Waals surface area contributed by atoms with E-state index in [2.05, 4.69) is 17.6 Å². The molecule has 0 saturated heterocycles. The summed E-state index contributed by atoms with van der Waals surface area (Å²) in [6, 6.07) is 7.31. The molecule has 0 aliphatic heterocycles. The van der Waals surface area contributed by atoms with Crippen molar-refractivity contribution in [2.75, 3.05) is 0 Å². The molecule has 4 heteroatoms. The maximum atomic E-state index is 11.7. The molecule has 1 aromatic rings. The first-order valence-electron chi connectivity index (χ1n) is 7.11. The highest BCUT2D eigenvalue weighted by Crippen LogP contribution is 2.30. The van der Waals surface area contributed by atoms with Gasteiger partial charge < -0.3 is 10.6 Å². The molecule has 20 heavy (non-hydrogen) atoms. The molecule has 2 N–H and O–H groups in total. The van der Waals surface area contributed by atoms with Crippen molar-refractivity contribution in [2.24, 2.45) is 5.92 Å². The van der Waals surface area contributed by atoms with Crippen molar-refractivity contribution in [3.8, 4) is 0 Å². The van der Waals surface area contributed by atoms with Crippen LogP contribution in [-0.4, -0.2) is 6.03 Å². The van der Waals surface area contributed by atoms with Gasteiger partial charge in [0.25, 0.3) is 0 Å². The number of halogens is 1. The van der Waals surface area contributed by atoms with Crippen LogP contribution in [0.1, 0.15) is 38.2 Å². The van der Waals surface area contributed by atoms with Crippen LogP contribution in [0.3, 0.4) is 0 Å². The summed E-state index contributed by atoms with van der Waals surface area (Å²) in [6.45, 7) is 2.52. The zero-order valence-corrected chi connectivity index (χ0v) is 12.5. The Kier molecular flexibility index (Phi) is 5.48. The van der Waals surface area contributed by atoms with Crippen LogP contribution in [0.15, 0.2) is 36.0 Å². The van der Waals surface area contributed by atoms with Crippen molar-refractivity contribution in [1.82, 2.24) is 10.6 Å². The lowest BCUT2D eigenvalue weighted by atomic mass is 10.0. The number of hydrogen-bond acceptors (Lipinski definition) is 1. The van der Waals surface area contributed by atoms with Gasteiger partial charge in [0.1, 0.15) is 0 Å². The van der Waals surface area contributed by atoms with Crippen LogP contribution in [0, 0.1) is 5.92 Å². The smallest absolute Gasteiger partial charge is 0.319 e. The minimum Gasteiger partial charge on any atom is -0.334 e. The van der Waals surface area contributed by atoms with Crippen LogP contribution >= 0.6 is 11.6 Å². The molecule has 3 nitrogen and oxygen atoms in total. The summed E-state index contributed by atoms with van der Waals surface area (Å²) in [4.78, 5) is 11.7. The second-order valence-corrected chi connectivity index (χ2v) is 5.70. The number of amides is 2. The molecule has 2 amide bonds. The van der Waals surface area contributed by atoms with E-state index in [-0.39, 0.29) is 6.03 Å². The maximum Gasteiger partial charge on any atom is 0.319 e. The van der Waals surface area contributed by atoms with E-state index in [9.17, 15) is 4.79 Å². The molecule has 1 saturated carbocycles. The Morgan fingerprint density at radius 3 is 2.75 bits per heavy atom. The Bertz CT molecular complexity index is 493. The van der Waals surface area contributed by atoms with Crippen molar-refractivity contribution < 1.29 is 4.79 Å². The van der Waals surface area contributed by atoms with Gasteiger partial charge in [-0.05, 0) is 37.3 Å². The zero-order valence-electron chi connectivity index (χ0n) is 11.8. The number of rotatable bonds is 4. The third-order valence-electron chi connectivity index (χ3n) is 3.83. The van der Waals surface area contributed by atoms with E-state index in [0.29, 0.717) is 17.5 Å². The fourth-order valence-corrected chi connectivity index (χ4v) is 2.75. The number of nitrogens with one attached hydrogen (secondary N) is 2. The standard InChI is InChI=1S/C16H21ClN2O/c1-12(13-6-2-3-7-13)10-18-16(20)19-11-14-8-4-5-9-15(14)17/h4-5,8-10,13H,2-3,6-7,11H2,1H3,(H2,18,19,20)/b12-10+. The van der Waals surface area contributed by atoms with Gasteiger partial charge >= 0.3 is 6.03 Å². The highest BCUT2D eigenvalue weighted by Gasteiger charge is 2.16. The van der Waals surface area contributed by atoms with Gasteiger partial charge in [-0.2, -0.15) is 0 Å². The van der Waals surface area contributed by atoms with E-state index in [1.165, 1.54) is 31.3 Å². The second-order valence-electron chi connectivity index (χ2n) is 5.29. The molecule has 0 atom stereocenters. The Morgan fingerprint density at radius 1 is 1.35 bits per heavy atom. The van der Waals surface area contributed by atoms with Crippen molar-refractivity contribution in [2.45, 2.75) is 39.2 Å². The molecule has 1 fully saturated rings. The fourth-order valence-electron chi connectivity index (χ4n) is 2.55. The lowest BCUT2D eigenvalue weighted by molar-refractivity contribution is 0.243. The van der Waals surface area contributed by atoms with E-state index in [1.54, 1.807) is 0 Å².